The summed E-state index contributed by atoms with van der Waals surface area (Å²) in [7, 11) is -2.05. The van der Waals surface area contributed by atoms with Crippen LogP contribution in [0.5, 0.6) is 0 Å². The normalized spacial score (nSPS) is 16.5. The fraction of sp³-hybridized carbons (Fsp3) is 0.185. The number of halogens is 1. The summed E-state index contributed by atoms with van der Waals surface area (Å²) in [5.74, 6) is -0.0444. The number of H-pyrrole nitrogens is 1. The van der Waals surface area contributed by atoms with Crippen LogP contribution in [0.2, 0.25) is 5.02 Å². The highest BCUT2D eigenvalue weighted by Gasteiger charge is 2.36. The maximum atomic E-state index is 13.7. The third-order valence-electron chi connectivity index (χ3n) is 6.53. The van der Waals surface area contributed by atoms with Crippen LogP contribution in [0.4, 0.5) is 0 Å². The van der Waals surface area contributed by atoms with Crippen LogP contribution in [0.25, 0.3) is 16.5 Å². The highest BCUT2D eigenvalue weighted by Crippen LogP contribution is 2.48. The van der Waals surface area contributed by atoms with E-state index < -0.39 is 10.0 Å². The van der Waals surface area contributed by atoms with E-state index in [0.29, 0.717) is 9.92 Å². The average molecular weight is 477 g/mol. The molecule has 0 bridgehead atoms. The number of aromatic nitrogens is 1. The molecule has 0 aliphatic heterocycles. The van der Waals surface area contributed by atoms with Crippen molar-refractivity contribution < 1.29 is 8.42 Å². The minimum absolute atomic E-state index is 0.0444. The standard InChI is InChI=1S/C27H25ClN2O2S/c1-18-7-13-21(14-8-18)33(31,32)30(2)27-22(19-9-11-20(28)12-10-19)15-16-24(27)25-17-29-26-6-4-3-5-23(25)26/h3-14,17,24,29H,15-16H2,1-2H3/t24-/m1/s1. The van der Waals surface area contributed by atoms with E-state index >= 15 is 0 Å². The van der Waals surface area contributed by atoms with Crippen molar-refractivity contribution in [2.24, 2.45) is 0 Å². The van der Waals surface area contributed by atoms with Gasteiger partial charge in [0.15, 0.2) is 0 Å². The molecule has 33 heavy (non-hydrogen) atoms. The predicted octanol–water partition coefficient (Wildman–Crippen LogP) is 6.74. The lowest BCUT2D eigenvalue weighted by Crippen LogP contribution is -2.28. The Hall–Kier alpha value is -3.02. The number of aromatic amines is 1. The molecule has 6 heteroatoms. The molecule has 1 aliphatic carbocycles. The molecule has 1 atom stereocenters. The van der Waals surface area contributed by atoms with Gasteiger partial charge in [-0.3, -0.25) is 4.31 Å². The van der Waals surface area contributed by atoms with Crippen LogP contribution in [0.15, 0.2) is 89.6 Å². The Labute approximate surface area is 199 Å². The largest absolute Gasteiger partial charge is 0.361 e. The maximum absolute atomic E-state index is 13.7. The molecule has 1 heterocycles. The summed E-state index contributed by atoms with van der Waals surface area (Å²) >= 11 is 6.13. The molecule has 0 unspecified atom stereocenters. The fourth-order valence-electron chi connectivity index (χ4n) is 4.80. The SMILES string of the molecule is Cc1ccc(S(=O)(=O)N(C)C2=C(c3ccc(Cl)cc3)CC[C@@H]2c2c[nH]c3ccccc23)cc1. The van der Waals surface area contributed by atoms with Crippen LogP contribution in [0, 0.1) is 6.92 Å². The van der Waals surface area contributed by atoms with Gasteiger partial charge in [0.25, 0.3) is 10.0 Å². The molecule has 3 aromatic carbocycles. The molecule has 1 aliphatic rings. The van der Waals surface area contributed by atoms with Gasteiger partial charge in [-0.05, 0) is 66.8 Å². The molecule has 168 valence electrons. The second kappa shape index (κ2) is 8.40. The third-order valence-corrected chi connectivity index (χ3v) is 8.57. The van der Waals surface area contributed by atoms with E-state index in [1.165, 1.54) is 4.31 Å². The number of likely N-dealkylation sites (N-methyl/N-ethyl adjacent to an activating group) is 1. The first-order valence-electron chi connectivity index (χ1n) is 11.0. The Bertz CT molecular complexity index is 1450. The quantitative estimate of drug-likeness (QED) is 0.346. The van der Waals surface area contributed by atoms with Gasteiger partial charge in [-0.1, -0.05) is 59.6 Å². The maximum Gasteiger partial charge on any atom is 0.263 e. The number of allylic oxidation sites excluding steroid dienone is 2. The highest BCUT2D eigenvalue weighted by molar-refractivity contribution is 7.89. The molecular weight excluding hydrogens is 452 g/mol. The molecule has 1 N–H and O–H groups in total. The van der Waals surface area contributed by atoms with Crippen molar-refractivity contribution in [3.05, 3.63) is 106 Å². The summed E-state index contributed by atoms with van der Waals surface area (Å²) < 4.78 is 28.9. The topological polar surface area (TPSA) is 53.2 Å². The number of benzene rings is 3. The Kier molecular flexibility index (Phi) is 5.55. The van der Waals surface area contributed by atoms with Crippen LogP contribution in [0.1, 0.15) is 35.4 Å². The number of hydrogen-bond acceptors (Lipinski definition) is 2. The lowest BCUT2D eigenvalue weighted by atomic mass is 9.95. The molecule has 0 saturated heterocycles. The summed E-state index contributed by atoms with van der Waals surface area (Å²) in [4.78, 5) is 3.65. The first-order chi connectivity index (χ1) is 15.9. The Morgan fingerprint density at radius 2 is 1.67 bits per heavy atom. The summed E-state index contributed by atoms with van der Waals surface area (Å²) in [5, 5.41) is 1.78. The molecule has 4 aromatic rings. The van der Waals surface area contributed by atoms with Gasteiger partial charge in [0.1, 0.15) is 0 Å². The van der Waals surface area contributed by atoms with Crippen LogP contribution in [-0.4, -0.2) is 24.8 Å². The molecule has 0 spiro atoms. The predicted molar refractivity (Wildman–Crippen MR) is 135 cm³/mol. The summed E-state index contributed by atoms with van der Waals surface area (Å²) in [6, 6.07) is 22.8. The zero-order chi connectivity index (χ0) is 23.2. The fourth-order valence-corrected chi connectivity index (χ4v) is 6.22. The van der Waals surface area contributed by atoms with E-state index in [1.54, 1.807) is 19.2 Å². The van der Waals surface area contributed by atoms with E-state index in [4.69, 9.17) is 11.6 Å². The zero-order valence-corrected chi connectivity index (χ0v) is 20.1. The minimum atomic E-state index is -3.73. The summed E-state index contributed by atoms with van der Waals surface area (Å²) in [6.45, 7) is 1.95. The number of nitrogens with one attached hydrogen (secondary N) is 1. The van der Waals surface area contributed by atoms with E-state index in [0.717, 1.165) is 51.7 Å². The van der Waals surface area contributed by atoms with Crippen molar-refractivity contribution >= 4 is 38.1 Å². The van der Waals surface area contributed by atoms with Crippen molar-refractivity contribution in [1.29, 1.82) is 0 Å². The van der Waals surface area contributed by atoms with E-state index in [9.17, 15) is 8.42 Å². The van der Waals surface area contributed by atoms with E-state index in [1.807, 2.05) is 67.7 Å². The second-order valence-electron chi connectivity index (χ2n) is 8.54. The van der Waals surface area contributed by atoms with Crippen molar-refractivity contribution in [2.45, 2.75) is 30.6 Å². The second-order valence-corrected chi connectivity index (χ2v) is 10.9. The molecular formula is C27H25ClN2O2S. The Balaban J connectivity index is 1.68. The van der Waals surface area contributed by atoms with Crippen molar-refractivity contribution in [2.75, 3.05) is 7.05 Å². The monoisotopic (exact) mass is 476 g/mol. The highest BCUT2D eigenvalue weighted by atomic mass is 35.5. The van der Waals surface area contributed by atoms with Crippen molar-refractivity contribution in [3.8, 4) is 0 Å². The van der Waals surface area contributed by atoms with Crippen LogP contribution < -0.4 is 0 Å². The zero-order valence-electron chi connectivity index (χ0n) is 18.5. The van der Waals surface area contributed by atoms with Gasteiger partial charge < -0.3 is 4.98 Å². The smallest absolute Gasteiger partial charge is 0.263 e. The number of rotatable bonds is 5. The molecule has 0 fully saturated rings. The lowest BCUT2D eigenvalue weighted by Gasteiger charge is -2.27. The minimum Gasteiger partial charge on any atom is -0.361 e. The van der Waals surface area contributed by atoms with Crippen LogP contribution >= 0.6 is 11.6 Å². The lowest BCUT2D eigenvalue weighted by molar-refractivity contribution is 0.505. The van der Waals surface area contributed by atoms with Gasteiger partial charge in [0.2, 0.25) is 0 Å². The third kappa shape index (κ3) is 3.85. The molecule has 5 rings (SSSR count). The number of nitrogens with zero attached hydrogens (tertiary/aromatic N) is 1. The molecule has 0 radical (unpaired) electrons. The molecule has 0 amide bonds. The number of para-hydroxylation sites is 1. The number of fused-ring (bicyclic) bond motifs is 1. The van der Waals surface area contributed by atoms with Crippen molar-refractivity contribution in [1.82, 2.24) is 9.29 Å². The molecule has 0 saturated carbocycles. The van der Waals surface area contributed by atoms with Gasteiger partial charge in [0.05, 0.1) is 4.90 Å². The van der Waals surface area contributed by atoms with Gasteiger partial charge in [-0.2, -0.15) is 0 Å². The van der Waals surface area contributed by atoms with Crippen molar-refractivity contribution in [3.63, 3.8) is 0 Å². The Morgan fingerprint density at radius 1 is 0.970 bits per heavy atom. The number of sulfonamides is 1. The van der Waals surface area contributed by atoms with Crippen LogP contribution in [-0.2, 0) is 10.0 Å². The van der Waals surface area contributed by atoms with E-state index in [2.05, 4.69) is 11.1 Å². The van der Waals surface area contributed by atoms with Gasteiger partial charge >= 0.3 is 0 Å². The average Bonchev–Trinajstić information content (AvgIpc) is 3.43. The first-order valence-corrected chi connectivity index (χ1v) is 12.8. The van der Waals surface area contributed by atoms with Gasteiger partial charge in [-0.15, -0.1) is 0 Å². The summed E-state index contributed by atoms with van der Waals surface area (Å²) in [6.07, 6.45) is 3.64. The molecule has 1 aromatic heterocycles. The first kappa shape index (κ1) is 21.8. The summed E-state index contributed by atoms with van der Waals surface area (Å²) in [5.41, 5.74) is 6.06. The van der Waals surface area contributed by atoms with Gasteiger partial charge in [0, 0.05) is 40.8 Å². The number of aryl methyl sites for hydroxylation is 1. The van der Waals surface area contributed by atoms with Crippen LogP contribution in [0.3, 0.4) is 0 Å². The Morgan fingerprint density at radius 3 is 2.39 bits per heavy atom. The molecule has 4 nitrogen and oxygen atoms in total. The van der Waals surface area contributed by atoms with E-state index in [-0.39, 0.29) is 5.92 Å². The number of hydrogen-bond donors (Lipinski definition) is 1. The van der Waals surface area contributed by atoms with Gasteiger partial charge in [-0.25, -0.2) is 8.42 Å².